The first-order chi connectivity index (χ1) is 15.5. The van der Waals surface area contributed by atoms with Crippen LogP contribution in [0.5, 0.6) is 5.75 Å². The van der Waals surface area contributed by atoms with E-state index in [0.29, 0.717) is 24.8 Å². The lowest BCUT2D eigenvalue weighted by molar-refractivity contribution is -0.127. The van der Waals surface area contributed by atoms with Gasteiger partial charge >= 0.3 is 0 Å². The van der Waals surface area contributed by atoms with Gasteiger partial charge in [0.2, 0.25) is 0 Å². The number of hydroxylamine groups is 1. The largest absolute Gasteiger partial charge is 0.497 e. The van der Waals surface area contributed by atoms with Crippen LogP contribution < -0.4 is 15.1 Å². The number of hydrogen-bond donors (Lipinski definition) is 1. The zero-order valence-corrected chi connectivity index (χ0v) is 16.4. The van der Waals surface area contributed by atoms with E-state index in [1.165, 1.54) is 32.4 Å². The minimum absolute atomic E-state index is 0.0136. The lowest BCUT2D eigenvalue weighted by Crippen LogP contribution is -2.31. The minimum Gasteiger partial charge on any atom is -0.497 e. The molecule has 1 aliphatic rings. The average molecular weight is 419 g/mol. The van der Waals surface area contributed by atoms with E-state index < -0.39 is 36.2 Å². The number of carbonyl (C=O) groups excluding carboxylic acids is 2. The molecule has 0 fully saturated rings. The lowest BCUT2D eigenvalue weighted by atomic mass is 10.0. The van der Waals surface area contributed by atoms with Crippen LogP contribution in [0, 0.1) is 11.6 Å². The van der Waals surface area contributed by atoms with Crippen molar-refractivity contribution in [3.05, 3.63) is 59.2 Å². The molecule has 30 heavy (non-hydrogen) atoms. The third-order valence-corrected chi connectivity index (χ3v) is 4.89. The molecule has 0 bridgehead atoms. The summed E-state index contributed by atoms with van der Waals surface area (Å²) in [5.41, 5.74) is 2.44. The number of likely N-dealkylation sites (N-methyl/N-ethyl adjacent to an activating group) is 1. The molecule has 0 spiro atoms. The van der Waals surface area contributed by atoms with E-state index in [2.05, 4.69) is 10.3 Å². The molecule has 0 atom stereocenters. The van der Waals surface area contributed by atoms with Crippen LogP contribution >= 0.6 is 0 Å². The minimum atomic E-state index is -2.67. The molecule has 0 saturated carbocycles. The second-order valence-corrected chi connectivity index (χ2v) is 6.73. The van der Waals surface area contributed by atoms with Crippen LogP contribution in [-0.2, 0) is 14.4 Å². The number of anilines is 1. The molecule has 158 valence electrons. The number of ether oxygens (including phenoxy) is 1. The van der Waals surface area contributed by atoms with Gasteiger partial charge in [-0.25, -0.2) is 14.3 Å². The third kappa shape index (κ3) is 4.18. The highest BCUT2D eigenvalue weighted by molar-refractivity contribution is 6.11. The highest BCUT2D eigenvalue weighted by Crippen LogP contribution is 2.33. The SMILES string of the molecule is [2H]C([2H])([2H])Oc1cccc(-c2cc(F)c(N(C)C(=O)C3=C(C(=O)NOC)CCC3)c(F)c2)c1. The Hall–Kier alpha value is -3.26. The van der Waals surface area contributed by atoms with Crippen LogP contribution in [-0.4, -0.2) is 33.0 Å². The summed E-state index contributed by atoms with van der Waals surface area (Å²) in [6, 6.07) is 7.87. The number of nitrogens with one attached hydrogen (secondary N) is 1. The molecule has 0 saturated heterocycles. The van der Waals surface area contributed by atoms with E-state index in [1.807, 2.05) is 0 Å². The quantitative estimate of drug-likeness (QED) is 0.724. The fourth-order valence-electron chi connectivity index (χ4n) is 3.48. The van der Waals surface area contributed by atoms with Gasteiger partial charge in [0.15, 0.2) is 11.6 Å². The maximum atomic E-state index is 15.0. The number of benzene rings is 2. The van der Waals surface area contributed by atoms with Crippen LogP contribution in [0.2, 0.25) is 0 Å². The second-order valence-electron chi connectivity index (χ2n) is 6.73. The number of methoxy groups -OCH3 is 1. The first-order valence-electron chi connectivity index (χ1n) is 10.6. The van der Waals surface area contributed by atoms with Gasteiger partial charge in [0.25, 0.3) is 11.8 Å². The zero-order valence-electron chi connectivity index (χ0n) is 19.4. The predicted octanol–water partition coefficient (Wildman–Crippen LogP) is 3.76. The Kier molecular flexibility index (Phi) is 5.30. The summed E-state index contributed by atoms with van der Waals surface area (Å²) in [6.45, 7) is 0. The van der Waals surface area contributed by atoms with Crippen LogP contribution in [0.25, 0.3) is 11.1 Å². The zero-order chi connectivity index (χ0) is 24.3. The highest BCUT2D eigenvalue weighted by atomic mass is 19.1. The molecule has 1 N–H and O–H groups in total. The van der Waals surface area contributed by atoms with Crippen molar-refractivity contribution in [1.29, 1.82) is 0 Å². The van der Waals surface area contributed by atoms with Crippen molar-refractivity contribution >= 4 is 17.5 Å². The second kappa shape index (κ2) is 9.04. The van der Waals surface area contributed by atoms with Crippen molar-refractivity contribution in [3.63, 3.8) is 0 Å². The van der Waals surface area contributed by atoms with Gasteiger partial charge in [-0.1, -0.05) is 12.1 Å². The van der Waals surface area contributed by atoms with E-state index >= 15 is 0 Å². The third-order valence-electron chi connectivity index (χ3n) is 4.89. The summed E-state index contributed by atoms with van der Waals surface area (Å²) < 4.78 is 56.3. The summed E-state index contributed by atoms with van der Waals surface area (Å²) in [5, 5.41) is 0. The molecule has 0 aliphatic heterocycles. The molecule has 0 unspecified atom stereocenters. The molecular weight excluding hydrogens is 394 g/mol. The summed E-state index contributed by atoms with van der Waals surface area (Å²) in [7, 11) is -0.181. The van der Waals surface area contributed by atoms with E-state index in [1.54, 1.807) is 6.07 Å². The van der Waals surface area contributed by atoms with E-state index in [9.17, 15) is 18.4 Å². The molecule has 0 aromatic heterocycles. The van der Waals surface area contributed by atoms with Gasteiger partial charge in [-0.05, 0) is 54.7 Å². The maximum absolute atomic E-state index is 15.0. The van der Waals surface area contributed by atoms with Crippen LogP contribution in [0.4, 0.5) is 14.5 Å². The standard InChI is InChI=1S/C22H22F2N2O4/c1-26(22(28)17-9-5-8-16(17)21(27)25-30-3)20-18(23)11-14(12-19(20)24)13-6-4-7-15(10-13)29-2/h4,6-7,10-12H,5,8-9H2,1-3H3,(H,25,27)/i2D3. The van der Waals surface area contributed by atoms with Crippen molar-refractivity contribution < 1.29 is 32.1 Å². The van der Waals surface area contributed by atoms with Gasteiger partial charge in [-0.3, -0.25) is 14.4 Å². The molecule has 2 aromatic carbocycles. The smallest absolute Gasteiger partial charge is 0.271 e. The molecule has 1 aliphatic carbocycles. The predicted molar refractivity (Wildman–Crippen MR) is 108 cm³/mol. The van der Waals surface area contributed by atoms with Gasteiger partial charge in [-0.2, -0.15) is 0 Å². The molecule has 2 aromatic rings. The van der Waals surface area contributed by atoms with E-state index in [4.69, 9.17) is 8.85 Å². The molecule has 0 radical (unpaired) electrons. The fraction of sp³-hybridized carbons (Fsp3) is 0.273. The van der Waals surface area contributed by atoms with Crippen LogP contribution in [0.3, 0.4) is 0 Å². The van der Waals surface area contributed by atoms with Crippen LogP contribution in [0.1, 0.15) is 23.4 Å². The summed E-state index contributed by atoms with van der Waals surface area (Å²) in [4.78, 5) is 30.5. The van der Waals surface area contributed by atoms with Crippen LogP contribution in [0.15, 0.2) is 47.5 Å². The number of halogens is 2. The topological polar surface area (TPSA) is 67.9 Å². The fourth-order valence-corrected chi connectivity index (χ4v) is 3.48. The number of amides is 2. The van der Waals surface area contributed by atoms with Gasteiger partial charge in [0.05, 0.1) is 18.3 Å². The molecular formula is C22H22F2N2O4. The van der Waals surface area contributed by atoms with E-state index in [-0.39, 0.29) is 22.5 Å². The summed E-state index contributed by atoms with van der Waals surface area (Å²) in [6.07, 6.45) is 1.20. The van der Waals surface area contributed by atoms with E-state index in [0.717, 1.165) is 17.0 Å². The Morgan fingerprint density at radius 3 is 2.47 bits per heavy atom. The van der Waals surface area contributed by atoms with Gasteiger partial charge < -0.3 is 9.64 Å². The number of nitrogens with zero attached hydrogens (tertiary/aromatic N) is 1. The van der Waals surface area contributed by atoms with Crippen molar-refractivity contribution in [1.82, 2.24) is 5.48 Å². The first-order valence-corrected chi connectivity index (χ1v) is 9.13. The Balaban J connectivity index is 1.92. The summed E-state index contributed by atoms with van der Waals surface area (Å²) in [5.74, 6) is -3.23. The van der Waals surface area contributed by atoms with Crippen molar-refractivity contribution in [2.75, 3.05) is 26.1 Å². The monoisotopic (exact) mass is 419 g/mol. The van der Waals surface area contributed by atoms with Gasteiger partial charge in [0, 0.05) is 18.2 Å². The number of rotatable bonds is 6. The van der Waals surface area contributed by atoms with Gasteiger partial charge in [-0.15, -0.1) is 0 Å². The summed E-state index contributed by atoms with van der Waals surface area (Å²) >= 11 is 0. The Morgan fingerprint density at radius 1 is 1.10 bits per heavy atom. The van der Waals surface area contributed by atoms with Crippen molar-refractivity contribution in [2.45, 2.75) is 19.3 Å². The normalized spacial score (nSPS) is 15.3. The molecule has 6 nitrogen and oxygen atoms in total. The molecule has 2 amide bonds. The van der Waals surface area contributed by atoms with Crippen molar-refractivity contribution in [3.8, 4) is 16.9 Å². The number of carbonyl (C=O) groups is 2. The number of hydrogen-bond acceptors (Lipinski definition) is 4. The molecule has 8 heteroatoms. The Labute approximate surface area is 177 Å². The Bertz CT molecular complexity index is 1100. The van der Waals surface area contributed by atoms with Crippen molar-refractivity contribution in [2.24, 2.45) is 0 Å². The molecule has 3 rings (SSSR count). The lowest BCUT2D eigenvalue weighted by Gasteiger charge is -2.21. The van der Waals surface area contributed by atoms with Gasteiger partial charge in [0.1, 0.15) is 11.4 Å². The highest BCUT2D eigenvalue weighted by Gasteiger charge is 2.30. The maximum Gasteiger partial charge on any atom is 0.271 e. The first kappa shape index (κ1) is 17.6. The molecule has 0 heterocycles. The Morgan fingerprint density at radius 2 is 1.80 bits per heavy atom. The average Bonchev–Trinajstić information content (AvgIpc) is 3.21.